The Morgan fingerprint density at radius 3 is 2.55 bits per heavy atom. The molecule has 4 rings (SSSR count). The van der Waals surface area contributed by atoms with Crippen LogP contribution in [0, 0.1) is 23.7 Å². The molecular weight excluding hydrogens is 356 g/mol. The minimum atomic E-state index is 0.509. The molecule has 3 unspecified atom stereocenters. The van der Waals surface area contributed by atoms with Crippen LogP contribution >= 0.6 is 0 Å². The largest absolute Gasteiger partial charge is 0.494 e. The Morgan fingerprint density at radius 1 is 0.931 bits per heavy atom. The number of hydrogen-bond donors (Lipinski definition) is 0. The highest BCUT2D eigenvalue weighted by molar-refractivity contribution is 5.37. The summed E-state index contributed by atoms with van der Waals surface area (Å²) in [6.45, 7) is 5.87. The predicted molar refractivity (Wildman–Crippen MR) is 120 cm³/mol. The fourth-order valence-electron chi connectivity index (χ4n) is 6.22. The van der Waals surface area contributed by atoms with E-state index < -0.39 is 0 Å². The summed E-state index contributed by atoms with van der Waals surface area (Å²) in [4.78, 5) is 0. The number of aryl methyl sites for hydroxylation is 1. The van der Waals surface area contributed by atoms with Gasteiger partial charge in [0.1, 0.15) is 5.75 Å². The van der Waals surface area contributed by atoms with Gasteiger partial charge in [-0.3, -0.25) is 0 Å². The molecule has 0 amide bonds. The molecule has 29 heavy (non-hydrogen) atoms. The van der Waals surface area contributed by atoms with E-state index in [0.29, 0.717) is 6.10 Å². The SMILES string of the molecule is C/C=C/CO[C@@H]1CC[C@@H]2CC(C3CCc4cc(OCCC)ccc4C3)CCC2C1. The van der Waals surface area contributed by atoms with E-state index >= 15 is 0 Å². The highest BCUT2D eigenvalue weighted by Crippen LogP contribution is 2.47. The van der Waals surface area contributed by atoms with Crippen LogP contribution in [0.2, 0.25) is 0 Å². The number of fused-ring (bicyclic) bond motifs is 2. The molecule has 0 saturated heterocycles. The molecule has 0 spiro atoms. The third-order valence-electron chi connectivity index (χ3n) is 7.85. The van der Waals surface area contributed by atoms with E-state index in [-0.39, 0.29) is 0 Å². The Kier molecular flexibility index (Phi) is 7.34. The van der Waals surface area contributed by atoms with Crippen LogP contribution < -0.4 is 4.74 Å². The van der Waals surface area contributed by atoms with Gasteiger partial charge in [-0.15, -0.1) is 0 Å². The molecule has 2 saturated carbocycles. The van der Waals surface area contributed by atoms with Gasteiger partial charge >= 0.3 is 0 Å². The summed E-state index contributed by atoms with van der Waals surface area (Å²) >= 11 is 0. The summed E-state index contributed by atoms with van der Waals surface area (Å²) in [5, 5.41) is 0. The zero-order valence-corrected chi connectivity index (χ0v) is 18.6. The topological polar surface area (TPSA) is 18.5 Å². The Morgan fingerprint density at radius 2 is 1.72 bits per heavy atom. The van der Waals surface area contributed by atoms with Crippen molar-refractivity contribution in [3.8, 4) is 5.75 Å². The first-order valence-corrected chi connectivity index (χ1v) is 12.2. The molecular formula is C27H40O2. The maximum absolute atomic E-state index is 6.09. The molecule has 3 aliphatic rings. The second-order valence-electron chi connectivity index (χ2n) is 9.71. The molecule has 0 aliphatic heterocycles. The van der Waals surface area contributed by atoms with Crippen LogP contribution in [-0.2, 0) is 17.6 Å². The lowest BCUT2D eigenvalue weighted by molar-refractivity contribution is -0.0138. The first-order valence-electron chi connectivity index (χ1n) is 12.2. The van der Waals surface area contributed by atoms with Gasteiger partial charge in [-0.05, 0) is 118 Å². The van der Waals surface area contributed by atoms with Crippen molar-refractivity contribution in [2.24, 2.45) is 23.7 Å². The third-order valence-corrected chi connectivity index (χ3v) is 7.85. The standard InChI is InChI=1S/C27H40O2/c1-3-5-15-29-27-13-11-23-17-21(7-9-25(23)19-27)20-6-8-24-18-26(28-14-4-2)12-10-22(24)16-20/h3,5,10,12,18,20-21,23,25,27H,4,6-9,11,13-17,19H2,1-2H3/b5-3+/t20?,21?,23-,25?,27-/m1/s1. The third kappa shape index (κ3) is 5.26. The summed E-state index contributed by atoms with van der Waals surface area (Å²) in [6.07, 6.45) is 18.1. The number of allylic oxidation sites excluding steroid dienone is 1. The van der Waals surface area contributed by atoms with Gasteiger partial charge in [-0.2, -0.15) is 0 Å². The summed E-state index contributed by atoms with van der Waals surface area (Å²) in [7, 11) is 0. The molecule has 2 heteroatoms. The lowest BCUT2D eigenvalue weighted by atomic mass is 9.62. The fourth-order valence-corrected chi connectivity index (χ4v) is 6.22. The monoisotopic (exact) mass is 396 g/mol. The molecule has 1 aromatic rings. The van der Waals surface area contributed by atoms with Gasteiger partial charge in [0.2, 0.25) is 0 Å². The Labute approximate surface area is 178 Å². The molecule has 0 aromatic heterocycles. The van der Waals surface area contributed by atoms with Gasteiger partial charge in [-0.25, -0.2) is 0 Å². The average Bonchev–Trinajstić information content (AvgIpc) is 2.77. The molecule has 0 heterocycles. The van der Waals surface area contributed by atoms with Crippen molar-refractivity contribution in [3.05, 3.63) is 41.5 Å². The Balaban J connectivity index is 1.29. The van der Waals surface area contributed by atoms with Crippen LogP contribution in [0.15, 0.2) is 30.4 Å². The van der Waals surface area contributed by atoms with Crippen molar-refractivity contribution in [3.63, 3.8) is 0 Å². The van der Waals surface area contributed by atoms with Crippen LogP contribution in [0.25, 0.3) is 0 Å². The average molecular weight is 397 g/mol. The first kappa shape index (κ1) is 21.0. The molecule has 5 atom stereocenters. The van der Waals surface area contributed by atoms with Crippen LogP contribution in [0.4, 0.5) is 0 Å². The Hall–Kier alpha value is -1.28. The zero-order valence-electron chi connectivity index (χ0n) is 18.6. The zero-order chi connectivity index (χ0) is 20.1. The van der Waals surface area contributed by atoms with E-state index in [1.165, 1.54) is 57.8 Å². The molecule has 0 radical (unpaired) electrons. The number of hydrogen-bond acceptors (Lipinski definition) is 2. The number of benzene rings is 1. The lowest BCUT2D eigenvalue weighted by Gasteiger charge is -2.44. The van der Waals surface area contributed by atoms with Crippen molar-refractivity contribution >= 4 is 0 Å². The van der Waals surface area contributed by atoms with Crippen LogP contribution in [0.3, 0.4) is 0 Å². The van der Waals surface area contributed by atoms with Crippen molar-refractivity contribution < 1.29 is 9.47 Å². The Bertz CT molecular complexity index is 679. The molecule has 2 fully saturated rings. The molecule has 160 valence electrons. The first-order chi connectivity index (χ1) is 14.3. The molecule has 0 bridgehead atoms. The molecule has 2 nitrogen and oxygen atoms in total. The van der Waals surface area contributed by atoms with Gasteiger partial charge in [0.25, 0.3) is 0 Å². The lowest BCUT2D eigenvalue weighted by Crippen LogP contribution is -2.37. The van der Waals surface area contributed by atoms with Crippen molar-refractivity contribution in [1.29, 1.82) is 0 Å². The maximum atomic E-state index is 6.09. The highest BCUT2D eigenvalue weighted by Gasteiger charge is 2.38. The van der Waals surface area contributed by atoms with Crippen molar-refractivity contribution in [2.45, 2.75) is 84.2 Å². The number of ether oxygens (including phenoxy) is 2. The van der Waals surface area contributed by atoms with Gasteiger partial charge in [-0.1, -0.05) is 25.1 Å². The molecule has 1 aromatic carbocycles. The fraction of sp³-hybridized carbons (Fsp3) is 0.704. The van der Waals surface area contributed by atoms with E-state index in [1.54, 1.807) is 11.1 Å². The second-order valence-corrected chi connectivity index (χ2v) is 9.71. The van der Waals surface area contributed by atoms with E-state index in [2.05, 4.69) is 44.2 Å². The minimum absolute atomic E-state index is 0.509. The number of rotatable bonds is 7. The van der Waals surface area contributed by atoms with E-state index in [4.69, 9.17) is 9.47 Å². The van der Waals surface area contributed by atoms with Crippen molar-refractivity contribution in [1.82, 2.24) is 0 Å². The summed E-state index contributed by atoms with van der Waals surface area (Å²) in [5.41, 5.74) is 3.13. The maximum Gasteiger partial charge on any atom is 0.119 e. The smallest absolute Gasteiger partial charge is 0.119 e. The minimum Gasteiger partial charge on any atom is -0.494 e. The van der Waals surface area contributed by atoms with Gasteiger partial charge in [0.15, 0.2) is 0 Å². The highest BCUT2D eigenvalue weighted by atomic mass is 16.5. The van der Waals surface area contributed by atoms with Crippen LogP contribution in [-0.4, -0.2) is 19.3 Å². The van der Waals surface area contributed by atoms with Gasteiger partial charge in [0, 0.05) is 0 Å². The summed E-state index contributed by atoms with van der Waals surface area (Å²) < 4.78 is 11.9. The normalized spacial score (nSPS) is 32.0. The van der Waals surface area contributed by atoms with E-state index in [9.17, 15) is 0 Å². The molecule has 0 N–H and O–H groups in total. The second kappa shape index (κ2) is 10.2. The van der Waals surface area contributed by atoms with Crippen LogP contribution in [0.1, 0.15) is 76.3 Å². The molecule has 3 aliphatic carbocycles. The van der Waals surface area contributed by atoms with Gasteiger partial charge in [0.05, 0.1) is 19.3 Å². The predicted octanol–water partition coefficient (Wildman–Crippen LogP) is 6.76. The van der Waals surface area contributed by atoms with E-state index in [0.717, 1.165) is 49.1 Å². The quantitative estimate of drug-likeness (QED) is 0.474. The van der Waals surface area contributed by atoms with Crippen LogP contribution in [0.5, 0.6) is 5.75 Å². The van der Waals surface area contributed by atoms with E-state index in [1.807, 2.05) is 0 Å². The van der Waals surface area contributed by atoms with Gasteiger partial charge < -0.3 is 9.47 Å². The van der Waals surface area contributed by atoms with Crippen molar-refractivity contribution in [2.75, 3.05) is 13.2 Å². The summed E-state index contributed by atoms with van der Waals surface area (Å²) in [5.74, 6) is 4.79. The summed E-state index contributed by atoms with van der Waals surface area (Å²) in [6, 6.07) is 6.86.